The normalized spacial score (nSPS) is 26.3. The fourth-order valence-corrected chi connectivity index (χ4v) is 4.13. The maximum Gasteiger partial charge on any atom is 0.211 e. The maximum absolute atomic E-state index is 11.5. The van der Waals surface area contributed by atoms with Crippen LogP contribution in [-0.4, -0.2) is 69.2 Å². The SMILES string of the molecule is CS(=O)(=O)N1CCN(CCNC(C2CC2)C2CC2)CC1. The van der Waals surface area contributed by atoms with Crippen LogP contribution in [0.25, 0.3) is 0 Å². The van der Waals surface area contributed by atoms with Crippen molar-refractivity contribution in [1.82, 2.24) is 14.5 Å². The Bertz CT molecular complexity index is 412. The molecule has 0 aromatic heterocycles. The van der Waals surface area contributed by atoms with E-state index in [-0.39, 0.29) is 0 Å². The number of hydrogen-bond donors (Lipinski definition) is 1. The first-order valence-electron chi connectivity index (χ1n) is 7.95. The van der Waals surface area contributed by atoms with Gasteiger partial charge in [0.05, 0.1) is 6.26 Å². The summed E-state index contributed by atoms with van der Waals surface area (Å²) >= 11 is 0. The predicted octanol–water partition coefficient (Wildman–Crippen LogP) is 0.342. The standard InChI is InChI=1S/C14H27N3O2S/c1-20(18,19)17-10-8-16(9-11-17)7-6-15-14(12-2-3-12)13-4-5-13/h12-15H,2-11H2,1H3. The van der Waals surface area contributed by atoms with E-state index in [0.717, 1.165) is 44.1 Å². The summed E-state index contributed by atoms with van der Waals surface area (Å²) in [5.41, 5.74) is 0. The van der Waals surface area contributed by atoms with E-state index in [1.807, 2.05) is 0 Å². The molecule has 116 valence electrons. The van der Waals surface area contributed by atoms with Gasteiger partial charge in [0.1, 0.15) is 0 Å². The van der Waals surface area contributed by atoms with Gasteiger partial charge in [-0.15, -0.1) is 0 Å². The van der Waals surface area contributed by atoms with Crippen molar-refractivity contribution in [3.8, 4) is 0 Å². The Morgan fingerprint density at radius 3 is 2.05 bits per heavy atom. The molecule has 2 aliphatic carbocycles. The van der Waals surface area contributed by atoms with Crippen molar-refractivity contribution < 1.29 is 8.42 Å². The van der Waals surface area contributed by atoms with Crippen LogP contribution >= 0.6 is 0 Å². The van der Waals surface area contributed by atoms with Gasteiger partial charge in [-0.2, -0.15) is 4.31 Å². The second-order valence-electron chi connectivity index (χ2n) is 6.66. The maximum atomic E-state index is 11.5. The smallest absolute Gasteiger partial charge is 0.211 e. The molecule has 3 rings (SSSR count). The van der Waals surface area contributed by atoms with Crippen molar-refractivity contribution >= 4 is 10.0 Å². The monoisotopic (exact) mass is 301 g/mol. The highest BCUT2D eigenvalue weighted by molar-refractivity contribution is 7.88. The third kappa shape index (κ3) is 3.93. The Labute approximate surface area is 122 Å². The second kappa shape index (κ2) is 5.91. The molecule has 20 heavy (non-hydrogen) atoms. The summed E-state index contributed by atoms with van der Waals surface area (Å²) < 4.78 is 24.5. The number of piperazine rings is 1. The van der Waals surface area contributed by atoms with Gasteiger partial charge in [-0.05, 0) is 37.5 Å². The number of sulfonamides is 1. The van der Waals surface area contributed by atoms with E-state index >= 15 is 0 Å². The summed E-state index contributed by atoms with van der Waals surface area (Å²) in [6, 6.07) is 0.771. The van der Waals surface area contributed by atoms with E-state index in [1.165, 1.54) is 31.9 Å². The summed E-state index contributed by atoms with van der Waals surface area (Å²) in [6.45, 7) is 5.13. The summed E-state index contributed by atoms with van der Waals surface area (Å²) in [7, 11) is -3.00. The van der Waals surface area contributed by atoms with Crippen LogP contribution in [0.4, 0.5) is 0 Å². The van der Waals surface area contributed by atoms with E-state index in [0.29, 0.717) is 13.1 Å². The third-order valence-corrected chi connectivity index (χ3v) is 6.17. The van der Waals surface area contributed by atoms with E-state index < -0.39 is 10.0 Å². The molecule has 0 amide bonds. The topological polar surface area (TPSA) is 52.7 Å². The Hall–Kier alpha value is -0.170. The van der Waals surface area contributed by atoms with Gasteiger partial charge in [0.25, 0.3) is 0 Å². The van der Waals surface area contributed by atoms with Crippen molar-refractivity contribution in [2.75, 3.05) is 45.5 Å². The van der Waals surface area contributed by atoms with Crippen LogP contribution in [0.1, 0.15) is 25.7 Å². The average molecular weight is 301 g/mol. The first-order valence-corrected chi connectivity index (χ1v) is 9.80. The summed E-state index contributed by atoms with van der Waals surface area (Å²) in [6.07, 6.45) is 6.98. The molecule has 0 aromatic carbocycles. The Balaban J connectivity index is 1.35. The molecule has 0 radical (unpaired) electrons. The van der Waals surface area contributed by atoms with Gasteiger partial charge in [-0.1, -0.05) is 0 Å². The van der Waals surface area contributed by atoms with Crippen molar-refractivity contribution in [2.24, 2.45) is 11.8 Å². The molecule has 1 heterocycles. The van der Waals surface area contributed by atoms with Crippen LogP contribution in [0.15, 0.2) is 0 Å². The summed E-state index contributed by atoms with van der Waals surface area (Å²) in [5.74, 6) is 1.90. The quantitative estimate of drug-likeness (QED) is 0.737. The lowest BCUT2D eigenvalue weighted by Gasteiger charge is -2.33. The van der Waals surface area contributed by atoms with Gasteiger partial charge in [-0.3, -0.25) is 4.90 Å². The zero-order valence-corrected chi connectivity index (χ0v) is 13.2. The molecule has 2 saturated carbocycles. The minimum atomic E-state index is -3.00. The fourth-order valence-electron chi connectivity index (χ4n) is 3.30. The Morgan fingerprint density at radius 1 is 1.05 bits per heavy atom. The molecule has 0 spiro atoms. The van der Waals surface area contributed by atoms with Gasteiger partial charge >= 0.3 is 0 Å². The van der Waals surface area contributed by atoms with Crippen molar-refractivity contribution in [3.05, 3.63) is 0 Å². The molecule has 0 atom stereocenters. The molecule has 1 aliphatic heterocycles. The van der Waals surface area contributed by atoms with Crippen molar-refractivity contribution in [3.63, 3.8) is 0 Å². The molecule has 1 N–H and O–H groups in total. The molecular formula is C14H27N3O2S. The number of hydrogen-bond acceptors (Lipinski definition) is 4. The van der Waals surface area contributed by atoms with Crippen LogP contribution in [0.5, 0.6) is 0 Å². The van der Waals surface area contributed by atoms with E-state index in [9.17, 15) is 8.42 Å². The van der Waals surface area contributed by atoms with Crippen LogP contribution < -0.4 is 5.32 Å². The summed E-state index contributed by atoms with van der Waals surface area (Å²) in [4.78, 5) is 2.38. The zero-order valence-electron chi connectivity index (χ0n) is 12.4. The highest BCUT2D eigenvalue weighted by Crippen LogP contribution is 2.44. The summed E-state index contributed by atoms with van der Waals surface area (Å²) in [5, 5.41) is 3.76. The predicted molar refractivity (Wildman–Crippen MR) is 80.1 cm³/mol. The number of rotatable bonds is 7. The van der Waals surface area contributed by atoms with Gasteiger partial charge < -0.3 is 5.32 Å². The van der Waals surface area contributed by atoms with Gasteiger partial charge in [0.2, 0.25) is 10.0 Å². The van der Waals surface area contributed by atoms with Crippen LogP contribution in [0.2, 0.25) is 0 Å². The zero-order chi connectivity index (χ0) is 14.2. The Kier molecular flexibility index (Phi) is 4.36. The van der Waals surface area contributed by atoms with Crippen molar-refractivity contribution in [2.45, 2.75) is 31.7 Å². The Morgan fingerprint density at radius 2 is 1.60 bits per heavy atom. The van der Waals surface area contributed by atoms with E-state index in [2.05, 4.69) is 10.2 Å². The molecule has 3 aliphatic rings. The average Bonchev–Trinajstić information content (AvgIpc) is 3.27. The van der Waals surface area contributed by atoms with Gasteiger partial charge in [-0.25, -0.2) is 8.42 Å². The van der Waals surface area contributed by atoms with E-state index in [4.69, 9.17) is 0 Å². The first kappa shape index (κ1) is 14.8. The molecule has 0 unspecified atom stereocenters. The molecule has 0 aromatic rings. The highest BCUT2D eigenvalue weighted by Gasteiger charge is 2.40. The molecular weight excluding hydrogens is 274 g/mol. The highest BCUT2D eigenvalue weighted by atomic mass is 32.2. The molecule has 1 saturated heterocycles. The fraction of sp³-hybridized carbons (Fsp3) is 1.00. The van der Waals surface area contributed by atoms with Crippen LogP contribution in [-0.2, 0) is 10.0 Å². The minimum absolute atomic E-state index is 0.646. The van der Waals surface area contributed by atoms with Crippen LogP contribution in [0, 0.1) is 11.8 Å². The van der Waals surface area contributed by atoms with E-state index in [1.54, 1.807) is 4.31 Å². The minimum Gasteiger partial charge on any atom is -0.312 e. The van der Waals surface area contributed by atoms with Crippen LogP contribution in [0.3, 0.4) is 0 Å². The molecule has 0 bridgehead atoms. The lowest BCUT2D eigenvalue weighted by molar-refractivity contribution is 0.186. The van der Waals surface area contributed by atoms with Gasteiger partial charge in [0.15, 0.2) is 0 Å². The largest absolute Gasteiger partial charge is 0.312 e. The third-order valence-electron chi connectivity index (χ3n) is 4.87. The second-order valence-corrected chi connectivity index (χ2v) is 8.64. The molecule has 3 fully saturated rings. The first-order chi connectivity index (χ1) is 9.54. The number of nitrogens with one attached hydrogen (secondary N) is 1. The number of nitrogens with zero attached hydrogens (tertiary/aromatic N) is 2. The lowest BCUT2D eigenvalue weighted by Crippen LogP contribution is -2.50. The molecule has 5 nitrogen and oxygen atoms in total. The lowest BCUT2D eigenvalue weighted by atomic mass is 10.1. The van der Waals surface area contributed by atoms with Crippen molar-refractivity contribution in [1.29, 1.82) is 0 Å². The van der Waals surface area contributed by atoms with Gasteiger partial charge in [0, 0.05) is 45.3 Å². The molecule has 6 heteroatoms.